The van der Waals surface area contributed by atoms with Crippen molar-refractivity contribution in [3.05, 3.63) is 56.8 Å². The molecule has 188 valence electrons. The second kappa shape index (κ2) is 11.1. The molecule has 4 rings (SSSR count). The maximum Gasteiger partial charge on any atom is 0.279 e. The van der Waals surface area contributed by atoms with Crippen molar-refractivity contribution >= 4 is 60.7 Å². The molecule has 1 aromatic heterocycles. The van der Waals surface area contributed by atoms with Gasteiger partial charge in [0.2, 0.25) is 10.0 Å². The average Bonchev–Trinajstić information content (AvgIpc) is 3.22. The molecule has 0 aliphatic carbocycles. The quantitative estimate of drug-likeness (QED) is 0.393. The topological polar surface area (TPSA) is 81.0 Å². The molecule has 35 heavy (non-hydrogen) atoms. The molecule has 0 spiro atoms. The van der Waals surface area contributed by atoms with Crippen molar-refractivity contribution in [2.75, 3.05) is 20.3 Å². The summed E-state index contributed by atoms with van der Waals surface area (Å²) in [5.74, 6) is -0.474. The molecule has 0 saturated carbocycles. The van der Waals surface area contributed by atoms with Crippen LogP contribution < -0.4 is 4.80 Å². The minimum Gasteiger partial charge on any atom is -0.383 e. The van der Waals surface area contributed by atoms with Crippen LogP contribution in [-0.4, -0.2) is 49.5 Å². The highest BCUT2D eigenvalue weighted by atomic mass is 35.5. The summed E-state index contributed by atoms with van der Waals surface area (Å²) in [6.45, 7) is 3.37. The van der Waals surface area contributed by atoms with Gasteiger partial charge in [-0.15, -0.1) is 0 Å². The van der Waals surface area contributed by atoms with E-state index in [1.54, 1.807) is 17.5 Å². The third-order valence-electron chi connectivity index (χ3n) is 6.20. The summed E-state index contributed by atoms with van der Waals surface area (Å²) < 4.78 is 35.9. The molecule has 0 bridgehead atoms. The Bertz CT molecular complexity index is 1400. The van der Waals surface area contributed by atoms with E-state index in [0.29, 0.717) is 45.6 Å². The van der Waals surface area contributed by atoms with Crippen LogP contribution in [0.25, 0.3) is 10.2 Å². The third-order valence-corrected chi connectivity index (χ3v) is 10.0. The summed E-state index contributed by atoms with van der Waals surface area (Å²) in [7, 11) is -2.03. The van der Waals surface area contributed by atoms with Crippen LogP contribution in [0.3, 0.4) is 0 Å². The highest BCUT2D eigenvalue weighted by molar-refractivity contribution is 7.89. The molecule has 1 saturated heterocycles. The number of hydrogen-bond donors (Lipinski definition) is 0. The largest absolute Gasteiger partial charge is 0.383 e. The van der Waals surface area contributed by atoms with Crippen LogP contribution in [0.5, 0.6) is 0 Å². The number of piperidine rings is 1. The van der Waals surface area contributed by atoms with Gasteiger partial charge >= 0.3 is 0 Å². The van der Waals surface area contributed by atoms with Gasteiger partial charge in [0.1, 0.15) is 0 Å². The first-order valence-corrected chi connectivity index (χ1v) is 14.5. The molecule has 1 aliphatic heterocycles. The maximum atomic E-state index is 13.2. The molecule has 0 N–H and O–H groups in total. The number of amides is 1. The van der Waals surface area contributed by atoms with Gasteiger partial charge in [-0.25, -0.2) is 8.42 Å². The lowest BCUT2D eigenvalue weighted by Crippen LogP contribution is -2.43. The average molecular weight is 557 g/mol. The molecule has 2 aromatic carbocycles. The second-order valence-electron chi connectivity index (χ2n) is 8.35. The van der Waals surface area contributed by atoms with Gasteiger partial charge < -0.3 is 9.30 Å². The summed E-state index contributed by atoms with van der Waals surface area (Å²) in [4.78, 5) is 18.0. The molecule has 1 atom stereocenters. The summed E-state index contributed by atoms with van der Waals surface area (Å²) in [5, 5.41) is 0.805. The number of fused-ring (bicyclic) bond motifs is 1. The fourth-order valence-electron chi connectivity index (χ4n) is 4.33. The lowest BCUT2D eigenvalue weighted by Gasteiger charge is -2.34. The molecule has 1 unspecified atom stereocenters. The van der Waals surface area contributed by atoms with Gasteiger partial charge in [-0.1, -0.05) is 47.9 Å². The fourth-order valence-corrected chi connectivity index (χ4v) is 7.64. The third kappa shape index (κ3) is 5.35. The van der Waals surface area contributed by atoms with Crippen LogP contribution in [0.2, 0.25) is 10.0 Å². The zero-order valence-corrected chi connectivity index (χ0v) is 22.7. The number of carbonyl (C=O) groups excluding carboxylic acids is 1. The van der Waals surface area contributed by atoms with E-state index in [0.717, 1.165) is 30.4 Å². The van der Waals surface area contributed by atoms with E-state index in [2.05, 4.69) is 4.99 Å². The van der Waals surface area contributed by atoms with E-state index < -0.39 is 15.9 Å². The van der Waals surface area contributed by atoms with Crippen molar-refractivity contribution in [3.8, 4) is 0 Å². The number of methoxy groups -OCH3 is 1. The van der Waals surface area contributed by atoms with Crippen LogP contribution in [0.15, 0.2) is 46.3 Å². The van der Waals surface area contributed by atoms with E-state index in [1.165, 1.54) is 35.6 Å². The molecule has 1 amide bonds. The molecule has 1 fully saturated rings. The Kier molecular flexibility index (Phi) is 8.35. The molecule has 2 heterocycles. The normalized spacial score (nSPS) is 17.8. The Morgan fingerprint density at radius 3 is 2.60 bits per heavy atom. The van der Waals surface area contributed by atoms with E-state index in [9.17, 15) is 13.2 Å². The zero-order chi connectivity index (χ0) is 25.2. The van der Waals surface area contributed by atoms with E-state index in [-0.39, 0.29) is 10.9 Å². The van der Waals surface area contributed by atoms with Crippen molar-refractivity contribution in [1.82, 2.24) is 8.87 Å². The predicted octanol–water partition coefficient (Wildman–Crippen LogP) is 5.35. The van der Waals surface area contributed by atoms with Crippen LogP contribution >= 0.6 is 34.5 Å². The van der Waals surface area contributed by atoms with Crippen LogP contribution in [-0.2, 0) is 21.3 Å². The van der Waals surface area contributed by atoms with Gasteiger partial charge in [0.15, 0.2) is 4.80 Å². The molecule has 11 heteroatoms. The smallest absolute Gasteiger partial charge is 0.279 e. The number of halogens is 2. The van der Waals surface area contributed by atoms with Gasteiger partial charge in [-0.2, -0.15) is 9.30 Å². The number of ether oxygens (including phenoxy) is 1. The van der Waals surface area contributed by atoms with E-state index >= 15 is 0 Å². The molecule has 3 aromatic rings. The van der Waals surface area contributed by atoms with Crippen molar-refractivity contribution < 1.29 is 17.9 Å². The summed E-state index contributed by atoms with van der Waals surface area (Å²) >= 11 is 14.0. The van der Waals surface area contributed by atoms with Crippen LogP contribution in [0.4, 0.5) is 0 Å². The Labute approximate surface area is 219 Å². The lowest BCUT2D eigenvalue weighted by molar-refractivity contribution is 0.0997. The standard InChI is InChI=1S/C24H27Cl2N3O4S2/c1-3-17-6-4-5-13-29(17)35(31,32)18-9-7-16(8-10-18)23(30)27-24-28(14-15-33-2)22-20(34-24)12-11-19(25)21(22)26/h7-12,17H,3-6,13-15H2,1-2H3. The van der Waals surface area contributed by atoms with Crippen molar-refractivity contribution in [2.24, 2.45) is 4.99 Å². The van der Waals surface area contributed by atoms with Gasteiger partial charge in [0.25, 0.3) is 5.91 Å². The SMILES string of the molecule is CCC1CCCCN1S(=O)(=O)c1ccc(C(=O)N=c2sc3ccc(Cl)c(Cl)c3n2CCOC)cc1. The molecule has 1 aliphatic rings. The molecular formula is C24H27Cl2N3O4S2. The first-order chi connectivity index (χ1) is 16.8. The molecule has 0 radical (unpaired) electrons. The second-order valence-corrected chi connectivity index (χ2v) is 12.0. The Hall–Kier alpha value is -1.75. The predicted molar refractivity (Wildman–Crippen MR) is 140 cm³/mol. The number of aromatic nitrogens is 1. The number of sulfonamides is 1. The van der Waals surface area contributed by atoms with Gasteiger partial charge in [0, 0.05) is 31.8 Å². The van der Waals surface area contributed by atoms with Crippen LogP contribution in [0, 0.1) is 0 Å². The summed E-state index contributed by atoms with van der Waals surface area (Å²) in [5.41, 5.74) is 0.996. The monoisotopic (exact) mass is 555 g/mol. The number of nitrogens with zero attached hydrogens (tertiary/aromatic N) is 3. The van der Waals surface area contributed by atoms with Gasteiger partial charge in [-0.05, 0) is 55.7 Å². The number of hydrogen-bond acceptors (Lipinski definition) is 5. The Morgan fingerprint density at radius 2 is 1.91 bits per heavy atom. The maximum absolute atomic E-state index is 13.2. The van der Waals surface area contributed by atoms with Gasteiger partial charge in [-0.3, -0.25) is 4.79 Å². The Balaban J connectivity index is 1.67. The highest BCUT2D eigenvalue weighted by Crippen LogP contribution is 2.32. The van der Waals surface area contributed by atoms with Gasteiger partial charge in [0.05, 0.1) is 31.8 Å². The van der Waals surface area contributed by atoms with Crippen molar-refractivity contribution in [1.29, 1.82) is 0 Å². The zero-order valence-electron chi connectivity index (χ0n) is 19.5. The number of thiazole rings is 1. The van der Waals surface area contributed by atoms with Crippen molar-refractivity contribution in [2.45, 2.75) is 50.1 Å². The summed E-state index contributed by atoms with van der Waals surface area (Å²) in [6.07, 6.45) is 3.55. The Morgan fingerprint density at radius 1 is 1.17 bits per heavy atom. The minimum atomic E-state index is -3.62. The number of rotatable bonds is 7. The number of carbonyl (C=O) groups is 1. The minimum absolute atomic E-state index is 0.0147. The first kappa shape index (κ1) is 26.3. The lowest BCUT2D eigenvalue weighted by atomic mass is 10.0. The van der Waals surface area contributed by atoms with E-state index in [1.807, 2.05) is 17.6 Å². The molecular weight excluding hydrogens is 529 g/mol. The van der Waals surface area contributed by atoms with Crippen LogP contribution in [0.1, 0.15) is 43.0 Å². The molecule has 7 nitrogen and oxygen atoms in total. The van der Waals surface area contributed by atoms with E-state index in [4.69, 9.17) is 27.9 Å². The highest BCUT2D eigenvalue weighted by Gasteiger charge is 2.32. The summed E-state index contributed by atoms with van der Waals surface area (Å²) in [6, 6.07) is 9.56. The van der Waals surface area contributed by atoms with Crippen molar-refractivity contribution in [3.63, 3.8) is 0 Å². The first-order valence-electron chi connectivity index (χ1n) is 11.4. The fraction of sp³-hybridized carbons (Fsp3) is 0.417. The number of benzene rings is 2.